The molecule has 0 fully saturated rings. The minimum atomic E-state index is -0.170. The number of amides is 1. The molecule has 1 aliphatic rings. The van der Waals surface area contributed by atoms with Crippen molar-refractivity contribution >= 4 is 46.4 Å². The molecule has 134 valence electrons. The van der Waals surface area contributed by atoms with Crippen LogP contribution in [0.4, 0.5) is 5.69 Å². The van der Waals surface area contributed by atoms with Crippen LogP contribution in [0.2, 0.25) is 5.02 Å². The number of hydrogen-bond donors (Lipinski definition) is 0. The first-order valence-electron chi connectivity index (χ1n) is 8.24. The Hall–Kier alpha value is -2.89. The van der Waals surface area contributed by atoms with E-state index in [0.717, 1.165) is 16.2 Å². The lowest BCUT2D eigenvalue weighted by molar-refractivity contribution is -0.113. The monoisotopic (exact) mass is 394 g/mol. The van der Waals surface area contributed by atoms with Crippen molar-refractivity contribution in [2.45, 2.75) is 0 Å². The average molecular weight is 395 g/mol. The van der Waals surface area contributed by atoms with Crippen LogP contribution in [0.5, 0.6) is 5.75 Å². The standard InChI is InChI=1S/C21H15ClN2O2S/c1-26-17-10-4-14(5-11-17)20-23-19(13-18-3-2-12-27-18)21(25)24(20)16-8-6-15(22)7-9-16/h2-13H,1H3/b19-13+. The Balaban J connectivity index is 1.80. The van der Waals surface area contributed by atoms with Crippen LogP contribution in [0.25, 0.3) is 6.08 Å². The Morgan fingerprint density at radius 3 is 2.44 bits per heavy atom. The second-order valence-corrected chi connectivity index (χ2v) is 7.24. The van der Waals surface area contributed by atoms with E-state index < -0.39 is 0 Å². The molecule has 0 saturated carbocycles. The fourth-order valence-electron chi connectivity index (χ4n) is 2.79. The third-order valence-corrected chi connectivity index (χ3v) is 5.19. The molecule has 0 radical (unpaired) electrons. The summed E-state index contributed by atoms with van der Waals surface area (Å²) in [7, 11) is 1.62. The number of nitrogens with zero attached hydrogens (tertiary/aromatic N) is 2. The topological polar surface area (TPSA) is 41.9 Å². The molecule has 6 heteroatoms. The zero-order valence-corrected chi connectivity index (χ0v) is 16.0. The van der Waals surface area contributed by atoms with Gasteiger partial charge in [-0.25, -0.2) is 4.99 Å². The molecule has 0 unspecified atom stereocenters. The summed E-state index contributed by atoms with van der Waals surface area (Å²) in [5, 5.41) is 2.58. The van der Waals surface area contributed by atoms with Crippen LogP contribution < -0.4 is 9.64 Å². The molecule has 0 saturated heterocycles. The van der Waals surface area contributed by atoms with Gasteiger partial charge in [0.2, 0.25) is 0 Å². The lowest BCUT2D eigenvalue weighted by Crippen LogP contribution is -2.32. The number of aliphatic imine (C=N–C) groups is 1. The molecule has 3 aromatic rings. The van der Waals surface area contributed by atoms with Gasteiger partial charge >= 0.3 is 0 Å². The van der Waals surface area contributed by atoms with Crippen molar-refractivity contribution in [3.05, 3.63) is 87.2 Å². The number of carbonyl (C=O) groups is 1. The smallest absolute Gasteiger partial charge is 0.282 e. The Morgan fingerprint density at radius 2 is 1.81 bits per heavy atom. The maximum absolute atomic E-state index is 13.1. The maximum Gasteiger partial charge on any atom is 0.282 e. The summed E-state index contributed by atoms with van der Waals surface area (Å²) in [5.74, 6) is 1.15. The number of rotatable bonds is 4. The number of anilines is 1. The second-order valence-electron chi connectivity index (χ2n) is 5.83. The first-order valence-corrected chi connectivity index (χ1v) is 9.50. The highest BCUT2D eigenvalue weighted by Crippen LogP contribution is 2.29. The third kappa shape index (κ3) is 3.52. The number of ether oxygens (including phenoxy) is 1. The molecule has 1 amide bonds. The number of carbonyl (C=O) groups excluding carboxylic acids is 1. The van der Waals surface area contributed by atoms with Crippen LogP contribution in [0.1, 0.15) is 10.4 Å². The summed E-state index contributed by atoms with van der Waals surface area (Å²) in [5.41, 5.74) is 1.94. The van der Waals surface area contributed by atoms with Crippen LogP contribution in [-0.4, -0.2) is 18.9 Å². The fourth-order valence-corrected chi connectivity index (χ4v) is 3.57. The van der Waals surface area contributed by atoms with E-state index in [1.54, 1.807) is 35.5 Å². The van der Waals surface area contributed by atoms with E-state index in [2.05, 4.69) is 4.99 Å². The van der Waals surface area contributed by atoms with Crippen LogP contribution in [0.3, 0.4) is 0 Å². The second kappa shape index (κ2) is 7.39. The van der Waals surface area contributed by atoms with Crippen molar-refractivity contribution in [3.63, 3.8) is 0 Å². The molecule has 1 aromatic heterocycles. The summed E-state index contributed by atoms with van der Waals surface area (Å²) in [6.45, 7) is 0. The minimum Gasteiger partial charge on any atom is -0.497 e. The molecule has 0 bridgehead atoms. The van der Waals surface area contributed by atoms with Crippen LogP contribution in [-0.2, 0) is 4.79 Å². The number of amidine groups is 1. The van der Waals surface area contributed by atoms with Gasteiger partial charge < -0.3 is 4.74 Å². The van der Waals surface area contributed by atoms with Gasteiger partial charge in [-0.3, -0.25) is 9.69 Å². The first kappa shape index (κ1) is 17.5. The summed E-state index contributed by atoms with van der Waals surface area (Å²) in [6, 6.07) is 18.5. The molecule has 0 aliphatic carbocycles. The van der Waals surface area contributed by atoms with E-state index in [4.69, 9.17) is 16.3 Å². The van der Waals surface area contributed by atoms with E-state index in [-0.39, 0.29) is 5.91 Å². The van der Waals surface area contributed by atoms with Crippen molar-refractivity contribution < 1.29 is 9.53 Å². The van der Waals surface area contributed by atoms with Gasteiger partial charge in [0.15, 0.2) is 0 Å². The molecular formula is C21H15ClN2O2S. The molecule has 0 spiro atoms. The minimum absolute atomic E-state index is 0.170. The Kier molecular flexibility index (Phi) is 4.79. The van der Waals surface area contributed by atoms with Gasteiger partial charge in [-0.05, 0) is 66.1 Å². The van der Waals surface area contributed by atoms with E-state index >= 15 is 0 Å². The molecular weight excluding hydrogens is 380 g/mol. The summed E-state index contributed by atoms with van der Waals surface area (Å²) in [6.07, 6.45) is 1.81. The predicted octanol–water partition coefficient (Wildman–Crippen LogP) is 5.24. The number of hydrogen-bond acceptors (Lipinski definition) is 4. The summed E-state index contributed by atoms with van der Waals surface area (Å²) >= 11 is 7.57. The summed E-state index contributed by atoms with van der Waals surface area (Å²) in [4.78, 5) is 20.3. The molecule has 27 heavy (non-hydrogen) atoms. The molecule has 4 nitrogen and oxygen atoms in total. The average Bonchev–Trinajstić information content (AvgIpc) is 3.32. The number of methoxy groups -OCH3 is 1. The summed E-state index contributed by atoms with van der Waals surface area (Å²) < 4.78 is 5.22. The predicted molar refractivity (Wildman–Crippen MR) is 111 cm³/mol. The lowest BCUT2D eigenvalue weighted by Gasteiger charge is -2.18. The van der Waals surface area contributed by atoms with Crippen LogP contribution >= 0.6 is 22.9 Å². The van der Waals surface area contributed by atoms with Crippen molar-refractivity contribution in [1.82, 2.24) is 0 Å². The molecule has 0 atom stereocenters. The van der Waals surface area contributed by atoms with Gasteiger partial charge in [-0.1, -0.05) is 17.7 Å². The SMILES string of the molecule is COc1ccc(C2=N/C(=C/c3cccs3)C(=O)N2c2ccc(Cl)cc2)cc1. The van der Waals surface area contributed by atoms with Gasteiger partial charge in [0.1, 0.15) is 17.3 Å². The highest BCUT2D eigenvalue weighted by molar-refractivity contribution is 7.10. The highest BCUT2D eigenvalue weighted by Gasteiger charge is 2.32. The van der Waals surface area contributed by atoms with E-state index in [9.17, 15) is 4.79 Å². The highest BCUT2D eigenvalue weighted by atomic mass is 35.5. The molecule has 1 aliphatic heterocycles. The quantitative estimate of drug-likeness (QED) is 0.567. The van der Waals surface area contributed by atoms with Gasteiger partial charge in [-0.2, -0.15) is 0 Å². The van der Waals surface area contributed by atoms with Crippen molar-refractivity contribution in [2.75, 3.05) is 12.0 Å². The molecule has 4 rings (SSSR count). The van der Waals surface area contributed by atoms with Gasteiger partial charge in [0, 0.05) is 15.5 Å². The van der Waals surface area contributed by atoms with Crippen molar-refractivity contribution in [1.29, 1.82) is 0 Å². The fraction of sp³-hybridized carbons (Fsp3) is 0.0476. The normalized spacial score (nSPS) is 15.3. The third-order valence-electron chi connectivity index (χ3n) is 4.12. The molecule has 0 N–H and O–H groups in total. The number of halogens is 1. The molecule has 2 aromatic carbocycles. The zero-order valence-electron chi connectivity index (χ0n) is 14.4. The maximum atomic E-state index is 13.1. The van der Waals surface area contributed by atoms with Crippen LogP contribution in [0.15, 0.2) is 76.7 Å². The number of benzene rings is 2. The van der Waals surface area contributed by atoms with E-state index in [1.165, 1.54) is 0 Å². The lowest BCUT2D eigenvalue weighted by atomic mass is 10.1. The van der Waals surface area contributed by atoms with Gasteiger partial charge in [-0.15, -0.1) is 11.3 Å². The largest absolute Gasteiger partial charge is 0.497 e. The number of thiophene rings is 1. The Bertz CT molecular complexity index is 1020. The zero-order chi connectivity index (χ0) is 18.8. The van der Waals surface area contributed by atoms with Crippen molar-refractivity contribution in [3.8, 4) is 5.75 Å². The van der Waals surface area contributed by atoms with Crippen molar-refractivity contribution in [2.24, 2.45) is 4.99 Å². The van der Waals surface area contributed by atoms with E-state index in [0.29, 0.717) is 22.2 Å². The Morgan fingerprint density at radius 1 is 1.07 bits per heavy atom. The molecule has 2 heterocycles. The first-order chi connectivity index (χ1) is 13.2. The Labute approximate surface area is 166 Å². The van der Waals surface area contributed by atoms with Gasteiger partial charge in [0.05, 0.1) is 12.8 Å². The van der Waals surface area contributed by atoms with Gasteiger partial charge in [0.25, 0.3) is 5.91 Å². The van der Waals surface area contributed by atoms with Crippen LogP contribution in [0, 0.1) is 0 Å². The van der Waals surface area contributed by atoms with E-state index in [1.807, 2.05) is 60.0 Å².